The van der Waals surface area contributed by atoms with E-state index < -0.39 is 0 Å². The molecule has 0 aliphatic rings. The van der Waals surface area contributed by atoms with Crippen LogP contribution < -0.4 is 10.1 Å². The maximum absolute atomic E-state index is 12.8. The van der Waals surface area contributed by atoms with Crippen LogP contribution in [0, 0.1) is 6.92 Å². The largest absolute Gasteiger partial charge is 0.494 e. The number of amides is 1. The van der Waals surface area contributed by atoms with Crippen molar-refractivity contribution < 1.29 is 9.53 Å². The van der Waals surface area contributed by atoms with Gasteiger partial charge in [0.1, 0.15) is 17.1 Å². The molecular formula is C23H23ClN4O2S. The number of anilines is 1. The van der Waals surface area contributed by atoms with Gasteiger partial charge >= 0.3 is 0 Å². The number of unbranched alkanes of at least 4 members (excludes halogenated alkanes) is 2. The molecular weight excluding hydrogens is 432 g/mol. The molecule has 1 N–H and O–H groups in total. The zero-order chi connectivity index (χ0) is 21.8. The SMILES string of the molecule is CCCCCOc1ccc(C(=O)Nc2cc(C)nn2-c2nc3c(Cl)cccc3s2)cc1. The number of aromatic nitrogens is 3. The third kappa shape index (κ3) is 4.89. The summed E-state index contributed by atoms with van der Waals surface area (Å²) in [4.78, 5) is 17.4. The van der Waals surface area contributed by atoms with Gasteiger partial charge in [0.25, 0.3) is 5.91 Å². The quantitative estimate of drug-likeness (QED) is 0.319. The summed E-state index contributed by atoms with van der Waals surface area (Å²) >= 11 is 7.73. The van der Waals surface area contributed by atoms with Gasteiger partial charge in [-0.05, 0) is 49.7 Å². The smallest absolute Gasteiger partial charge is 0.256 e. The first kappa shape index (κ1) is 21.3. The number of halogens is 1. The standard InChI is InChI=1S/C23H23ClN4O2S/c1-3-4-5-13-30-17-11-9-16(10-12-17)22(29)25-20-14-15(2)27-28(20)23-26-21-18(24)7-6-8-19(21)31-23/h6-12,14H,3-5,13H2,1-2H3,(H,25,29). The van der Waals surface area contributed by atoms with Crippen molar-refractivity contribution in [3.05, 3.63) is 64.8 Å². The Bertz CT molecular complexity index is 1200. The zero-order valence-electron chi connectivity index (χ0n) is 17.4. The lowest BCUT2D eigenvalue weighted by Crippen LogP contribution is -2.15. The molecule has 8 heteroatoms. The first-order valence-corrected chi connectivity index (χ1v) is 11.4. The third-order valence-electron chi connectivity index (χ3n) is 4.75. The summed E-state index contributed by atoms with van der Waals surface area (Å²) in [6, 6.07) is 14.6. The number of aryl methyl sites for hydroxylation is 1. The number of rotatable bonds is 8. The monoisotopic (exact) mass is 454 g/mol. The molecule has 0 saturated carbocycles. The second-order valence-corrected chi connectivity index (χ2v) is 8.62. The van der Waals surface area contributed by atoms with Crippen LogP contribution in [0.1, 0.15) is 42.2 Å². The number of hydrogen-bond donors (Lipinski definition) is 1. The molecule has 0 atom stereocenters. The van der Waals surface area contributed by atoms with E-state index in [1.165, 1.54) is 11.3 Å². The van der Waals surface area contributed by atoms with Crippen molar-refractivity contribution in [1.29, 1.82) is 0 Å². The fourth-order valence-electron chi connectivity index (χ4n) is 3.16. The van der Waals surface area contributed by atoms with E-state index in [-0.39, 0.29) is 5.91 Å². The molecule has 0 aliphatic heterocycles. The summed E-state index contributed by atoms with van der Waals surface area (Å²) in [5, 5.41) is 8.67. The third-order valence-corrected chi connectivity index (χ3v) is 6.05. The minimum Gasteiger partial charge on any atom is -0.494 e. The maximum atomic E-state index is 12.8. The molecule has 0 aliphatic carbocycles. The lowest BCUT2D eigenvalue weighted by Gasteiger charge is -2.08. The first-order chi connectivity index (χ1) is 15.0. The Morgan fingerprint density at radius 2 is 2.00 bits per heavy atom. The van der Waals surface area contributed by atoms with Crippen LogP contribution in [-0.2, 0) is 0 Å². The normalized spacial score (nSPS) is 11.1. The van der Waals surface area contributed by atoms with Crippen LogP contribution in [0.25, 0.3) is 15.3 Å². The fourth-order valence-corrected chi connectivity index (χ4v) is 4.39. The van der Waals surface area contributed by atoms with Crippen molar-refractivity contribution in [2.75, 3.05) is 11.9 Å². The second kappa shape index (κ2) is 9.49. The molecule has 4 rings (SSSR count). The van der Waals surface area contributed by atoms with Crippen molar-refractivity contribution in [1.82, 2.24) is 14.8 Å². The summed E-state index contributed by atoms with van der Waals surface area (Å²) in [6.07, 6.45) is 3.33. The number of carbonyl (C=O) groups excluding carboxylic acids is 1. The van der Waals surface area contributed by atoms with Gasteiger partial charge in [0.15, 0.2) is 0 Å². The van der Waals surface area contributed by atoms with Gasteiger partial charge in [-0.3, -0.25) is 4.79 Å². The molecule has 2 aromatic carbocycles. The highest BCUT2D eigenvalue weighted by molar-refractivity contribution is 7.20. The zero-order valence-corrected chi connectivity index (χ0v) is 19.0. The molecule has 0 unspecified atom stereocenters. The van der Waals surface area contributed by atoms with Crippen molar-refractivity contribution in [2.45, 2.75) is 33.1 Å². The summed E-state index contributed by atoms with van der Waals surface area (Å²) < 4.78 is 8.32. The van der Waals surface area contributed by atoms with Crippen molar-refractivity contribution in [3.8, 4) is 10.9 Å². The minimum atomic E-state index is -0.224. The lowest BCUT2D eigenvalue weighted by atomic mass is 10.2. The molecule has 160 valence electrons. The highest BCUT2D eigenvalue weighted by Crippen LogP contribution is 2.31. The Hall–Kier alpha value is -2.90. The van der Waals surface area contributed by atoms with Gasteiger partial charge in [0.05, 0.1) is 22.0 Å². The second-order valence-electron chi connectivity index (χ2n) is 7.20. The predicted molar refractivity (Wildman–Crippen MR) is 126 cm³/mol. The number of thiazole rings is 1. The van der Waals surface area contributed by atoms with Gasteiger partial charge in [-0.2, -0.15) is 9.78 Å². The van der Waals surface area contributed by atoms with E-state index in [1.54, 1.807) is 16.8 Å². The van der Waals surface area contributed by atoms with Gasteiger partial charge in [-0.25, -0.2) is 4.98 Å². The number of nitrogens with one attached hydrogen (secondary N) is 1. The van der Waals surface area contributed by atoms with E-state index in [0.29, 0.717) is 28.1 Å². The predicted octanol–water partition coefficient (Wildman–Crippen LogP) is 6.27. The van der Waals surface area contributed by atoms with Crippen molar-refractivity contribution >= 4 is 44.9 Å². The van der Waals surface area contributed by atoms with Crippen LogP contribution >= 0.6 is 22.9 Å². The number of carbonyl (C=O) groups is 1. The van der Waals surface area contributed by atoms with Crippen molar-refractivity contribution in [2.24, 2.45) is 0 Å². The van der Waals surface area contributed by atoms with Gasteiger partial charge in [-0.15, -0.1) is 0 Å². The number of nitrogens with zero attached hydrogens (tertiary/aromatic N) is 3. The van der Waals surface area contributed by atoms with Crippen LogP contribution in [-0.4, -0.2) is 27.3 Å². The summed E-state index contributed by atoms with van der Waals surface area (Å²) in [7, 11) is 0. The molecule has 0 bridgehead atoms. The van der Waals surface area contributed by atoms with E-state index in [4.69, 9.17) is 16.3 Å². The summed E-state index contributed by atoms with van der Waals surface area (Å²) in [5.41, 5.74) is 2.04. The fraction of sp³-hybridized carbons (Fsp3) is 0.261. The maximum Gasteiger partial charge on any atom is 0.256 e. The Morgan fingerprint density at radius 3 is 2.74 bits per heavy atom. The van der Waals surface area contributed by atoms with E-state index in [0.717, 1.165) is 40.9 Å². The summed E-state index contributed by atoms with van der Waals surface area (Å²) in [6.45, 7) is 4.72. The Kier molecular flexibility index (Phi) is 6.53. The van der Waals surface area contributed by atoms with Crippen LogP contribution in [0.15, 0.2) is 48.5 Å². The molecule has 6 nitrogen and oxygen atoms in total. The Morgan fingerprint density at radius 1 is 1.19 bits per heavy atom. The van der Waals surface area contributed by atoms with Crippen LogP contribution in [0.5, 0.6) is 5.75 Å². The average molecular weight is 455 g/mol. The van der Waals surface area contributed by atoms with Crippen LogP contribution in [0.3, 0.4) is 0 Å². The van der Waals surface area contributed by atoms with E-state index in [1.807, 2.05) is 43.3 Å². The molecule has 0 radical (unpaired) electrons. The van der Waals surface area contributed by atoms with Gasteiger partial charge in [0, 0.05) is 11.6 Å². The van der Waals surface area contributed by atoms with E-state index in [9.17, 15) is 4.79 Å². The number of hydrogen-bond acceptors (Lipinski definition) is 5. The topological polar surface area (TPSA) is 69.0 Å². The molecule has 31 heavy (non-hydrogen) atoms. The molecule has 1 amide bonds. The number of fused-ring (bicyclic) bond motifs is 1. The molecule has 0 spiro atoms. The average Bonchev–Trinajstić information content (AvgIpc) is 3.35. The lowest BCUT2D eigenvalue weighted by molar-refractivity contribution is 0.102. The molecule has 2 heterocycles. The van der Waals surface area contributed by atoms with Crippen molar-refractivity contribution in [3.63, 3.8) is 0 Å². The van der Waals surface area contributed by atoms with Gasteiger partial charge < -0.3 is 10.1 Å². The van der Waals surface area contributed by atoms with Gasteiger partial charge in [0.2, 0.25) is 5.13 Å². The molecule has 0 fully saturated rings. The molecule has 2 aromatic heterocycles. The van der Waals surface area contributed by atoms with E-state index >= 15 is 0 Å². The Labute approximate surface area is 189 Å². The minimum absolute atomic E-state index is 0.224. The van der Waals surface area contributed by atoms with Crippen LogP contribution in [0.2, 0.25) is 5.02 Å². The van der Waals surface area contributed by atoms with E-state index in [2.05, 4.69) is 22.3 Å². The first-order valence-electron chi connectivity index (χ1n) is 10.2. The number of ether oxygens (including phenoxy) is 1. The van der Waals surface area contributed by atoms with Gasteiger partial charge in [-0.1, -0.05) is 48.8 Å². The highest BCUT2D eigenvalue weighted by Gasteiger charge is 2.16. The number of para-hydroxylation sites is 1. The molecule has 0 saturated heterocycles. The Balaban J connectivity index is 1.50. The van der Waals surface area contributed by atoms with Crippen LogP contribution in [0.4, 0.5) is 5.82 Å². The summed E-state index contributed by atoms with van der Waals surface area (Å²) in [5.74, 6) is 1.09. The highest BCUT2D eigenvalue weighted by atomic mass is 35.5. The number of benzene rings is 2. The molecule has 4 aromatic rings.